The van der Waals surface area contributed by atoms with E-state index in [4.69, 9.17) is 5.73 Å². The lowest BCUT2D eigenvalue weighted by Crippen LogP contribution is -2.35. The average molecular weight is 348 g/mol. The van der Waals surface area contributed by atoms with Gasteiger partial charge in [-0.25, -0.2) is 0 Å². The molecular formula is C20H20N4O2. The monoisotopic (exact) mass is 348 g/mol. The average Bonchev–Trinajstić information content (AvgIpc) is 3.27. The summed E-state index contributed by atoms with van der Waals surface area (Å²) in [5, 5.41) is 8.32. The van der Waals surface area contributed by atoms with Crippen LogP contribution in [0.5, 0.6) is 0 Å². The van der Waals surface area contributed by atoms with E-state index in [1.807, 2.05) is 12.1 Å². The summed E-state index contributed by atoms with van der Waals surface area (Å²) < 4.78 is 0. The van der Waals surface area contributed by atoms with Gasteiger partial charge in [-0.15, -0.1) is 0 Å². The summed E-state index contributed by atoms with van der Waals surface area (Å²) in [6.07, 6.45) is 4.54. The molecule has 2 aliphatic rings. The van der Waals surface area contributed by atoms with Gasteiger partial charge in [-0.3, -0.25) is 9.59 Å². The van der Waals surface area contributed by atoms with E-state index >= 15 is 0 Å². The topological polar surface area (TPSA) is 88.1 Å². The number of carbonyl (C=O) groups excluding carboxylic acids is 2. The molecule has 6 nitrogen and oxygen atoms in total. The molecule has 0 aromatic heterocycles. The summed E-state index contributed by atoms with van der Waals surface area (Å²) in [5.74, 6) is -0.347. The largest absolute Gasteiger partial charge is 0.366 e. The fourth-order valence-electron chi connectivity index (χ4n) is 3.87. The van der Waals surface area contributed by atoms with E-state index in [1.165, 1.54) is 0 Å². The molecular weight excluding hydrogens is 328 g/mol. The van der Waals surface area contributed by atoms with Gasteiger partial charge in [0.25, 0.3) is 5.91 Å². The molecule has 0 radical (unpaired) electrons. The van der Waals surface area contributed by atoms with E-state index in [-0.39, 0.29) is 5.91 Å². The molecule has 2 N–H and O–H groups in total. The zero-order chi connectivity index (χ0) is 18.1. The highest BCUT2D eigenvalue weighted by Gasteiger charge is 2.42. The zero-order valence-corrected chi connectivity index (χ0v) is 14.3. The molecule has 0 unspecified atom stereocenters. The lowest BCUT2D eigenvalue weighted by molar-refractivity contribution is 0.0729. The first-order chi connectivity index (χ1) is 12.6. The number of amides is 2. The van der Waals surface area contributed by atoms with Crippen molar-refractivity contribution < 1.29 is 9.59 Å². The van der Waals surface area contributed by atoms with Crippen LogP contribution < -0.4 is 5.73 Å². The van der Waals surface area contributed by atoms with Crippen molar-refractivity contribution in [3.63, 3.8) is 0 Å². The van der Waals surface area contributed by atoms with Crippen molar-refractivity contribution in [3.8, 4) is 0 Å². The maximum Gasteiger partial charge on any atom is 0.254 e. The maximum atomic E-state index is 12.7. The number of primary amides is 1. The van der Waals surface area contributed by atoms with E-state index in [0.29, 0.717) is 34.6 Å². The molecule has 2 bridgehead atoms. The minimum absolute atomic E-state index is 0.125. The van der Waals surface area contributed by atoms with Crippen LogP contribution in [0.25, 0.3) is 0 Å². The van der Waals surface area contributed by atoms with Crippen LogP contribution in [0.4, 0.5) is 11.4 Å². The van der Waals surface area contributed by atoms with Crippen LogP contribution in [0.1, 0.15) is 46.4 Å². The highest BCUT2D eigenvalue weighted by atomic mass is 16.2. The van der Waals surface area contributed by atoms with Crippen LogP contribution >= 0.6 is 0 Å². The van der Waals surface area contributed by atoms with E-state index < -0.39 is 5.91 Å². The fraction of sp³-hybridized carbons (Fsp3) is 0.300. The Hall–Kier alpha value is -3.02. The van der Waals surface area contributed by atoms with Crippen molar-refractivity contribution in [3.05, 3.63) is 59.7 Å². The van der Waals surface area contributed by atoms with E-state index in [0.717, 1.165) is 25.7 Å². The van der Waals surface area contributed by atoms with Gasteiger partial charge in [0.2, 0.25) is 5.91 Å². The Morgan fingerprint density at radius 2 is 1.19 bits per heavy atom. The summed E-state index contributed by atoms with van der Waals surface area (Å²) in [7, 11) is 0. The normalized spacial score (nSPS) is 21.5. The molecule has 6 heteroatoms. The third kappa shape index (κ3) is 3.10. The smallest absolute Gasteiger partial charge is 0.254 e. The molecule has 0 spiro atoms. The number of nitrogens with zero attached hydrogens (tertiary/aromatic N) is 3. The number of hydrogen-bond acceptors (Lipinski definition) is 4. The molecule has 0 saturated carbocycles. The first-order valence-corrected chi connectivity index (χ1v) is 8.86. The van der Waals surface area contributed by atoms with Gasteiger partial charge < -0.3 is 10.6 Å². The molecule has 132 valence electrons. The van der Waals surface area contributed by atoms with Gasteiger partial charge in [0, 0.05) is 23.2 Å². The third-order valence-corrected chi connectivity index (χ3v) is 5.23. The molecule has 2 heterocycles. The summed E-state index contributed by atoms with van der Waals surface area (Å²) in [6, 6.07) is 14.7. The first-order valence-electron chi connectivity index (χ1n) is 8.86. The molecule has 2 aromatic carbocycles. The number of carbonyl (C=O) groups is 2. The van der Waals surface area contributed by atoms with Crippen LogP contribution in [0.3, 0.4) is 0 Å². The van der Waals surface area contributed by atoms with Gasteiger partial charge in [-0.1, -0.05) is 0 Å². The molecule has 2 fully saturated rings. The predicted molar refractivity (Wildman–Crippen MR) is 97.8 cm³/mol. The van der Waals surface area contributed by atoms with E-state index in [1.54, 1.807) is 36.4 Å². The van der Waals surface area contributed by atoms with Gasteiger partial charge in [-0.2, -0.15) is 10.2 Å². The highest BCUT2D eigenvalue weighted by Crippen LogP contribution is 2.38. The Morgan fingerprint density at radius 3 is 1.62 bits per heavy atom. The minimum atomic E-state index is -0.472. The molecule has 2 saturated heterocycles. The summed E-state index contributed by atoms with van der Waals surface area (Å²) in [4.78, 5) is 25.8. The summed E-state index contributed by atoms with van der Waals surface area (Å²) >= 11 is 0. The third-order valence-electron chi connectivity index (χ3n) is 5.23. The van der Waals surface area contributed by atoms with Crippen LogP contribution in [0, 0.1) is 0 Å². The maximum absolute atomic E-state index is 12.7. The van der Waals surface area contributed by atoms with Crippen molar-refractivity contribution in [1.29, 1.82) is 0 Å². The second kappa shape index (κ2) is 6.71. The molecule has 2 amide bonds. The van der Waals surface area contributed by atoms with Crippen molar-refractivity contribution in [2.24, 2.45) is 16.0 Å². The molecule has 2 aromatic rings. The Labute approximate surface area is 151 Å². The number of azo groups is 1. The van der Waals surface area contributed by atoms with Crippen LogP contribution in [-0.2, 0) is 0 Å². The molecule has 0 aliphatic carbocycles. The van der Waals surface area contributed by atoms with Crippen LogP contribution in [0.2, 0.25) is 0 Å². The molecule has 2 aliphatic heterocycles. The van der Waals surface area contributed by atoms with Crippen molar-refractivity contribution >= 4 is 23.2 Å². The number of fused-ring (bicyclic) bond motifs is 2. The number of nitrogens with two attached hydrogens (primary N) is 1. The van der Waals surface area contributed by atoms with Crippen molar-refractivity contribution in [1.82, 2.24) is 4.90 Å². The fourth-order valence-corrected chi connectivity index (χ4v) is 3.87. The number of rotatable bonds is 4. The Balaban J connectivity index is 1.44. The summed E-state index contributed by atoms with van der Waals surface area (Å²) in [6.45, 7) is 0. The predicted octanol–water partition coefficient (Wildman–Crippen LogP) is 3.97. The SMILES string of the molecule is NC(=O)c1ccc(N=Nc2ccc(C(=O)N3C4CCC3CC4)cc2)cc1. The number of hydrogen-bond donors (Lipinski definition) is 1. The molecule has 26 heavy (non-hydrogen) atoms. The standard InChI is InChI=1S/C20H20N4O2/c21-19(25)13-1-5-15(6-2-13)22-23-16-7-3-14(4-8-16)20(26)24-17-9-10-18(24)12-11-17/h1-8,17-18H,9-12H2,(H2,21,25). The second-order valence-electron chi connectivity index (χ2n) is 6.83. The van der Waals surface area contributed by atoms with Crippen molar-refractivity contribution in [2.75, 3.05) is 0 Å². The van der Waals surface area contributed by atoms with Gasteiger partial charge in [0.15, 0.2) is 0 Å². The second-order valence-corrected chi connectivity index (χ2v) is 6.83. The van der Waals surface area contributed by atoms with Crippen LogP contribution in [0.15, 0.2) is 58.8 Å². The van der Waals surface area contributed by atoms with Gasteiger partial charge >= 0.3 is 0 Å². The quantitative estimate of drug-likeness (QED) is 0.847. The first kappa shape index (κ1) is 16.4. The molecule has 0 atom stereocenters. The van der Waals surface area contributed by atoms with Crippen LogP contribution in [-0.4, -0.2) is 28.8 Å². The van der Waals surface area contributed by atoms with Gasteiger partial charge in [0.1, 0.15) is 0 Å². The van der Waals surface area contributed by atoms with Crippen molar-refractivity contribution in [2.45, 2.75) is 37.8 Å². The number of benzene rings is 2. The summed E-state index contributed by atoms with van der Waals surface area (Å²) in [5.41, 5.74) is 7.64. The van der Waals surface area contributed by atoms with E-state index in [2.05, 4.69) is 15.1 Å². The minimum Gasteiger partial charge on any atom is -0.366 e. The zero-order valence-electron chi connectivity index (χ0n) is 14.3. The lowest BCUT2D eigenvalue weighted by atomic mass is 10.0. The van der Waals surface area contributed by atoms with Gasteiger partial charge in [0.05, 0.1) is 11.4 Å². The Bertz CT molecular complexity index is 838. The Morgan fingerprint density at radius 1 is 0.769 bits per heavy atom. The Kier molecular flexibility index (Phi) is 4.24. The molecule has 4 rings (SSSR count). The highest BCUT2D eigenvalue weighted by molar-refractivity contribution is 5.95. The van der Waals surface area contributed by atoms with Gasteiger partial charge in [-0.05, 0) is 74.2 Å². The lowest BCUT2D eigenvalue weighted by Gasteiger charge is -2.22. The van der Waals surface area contributed by atoms with E-state index in [9.17, 15) is 9.59 Å².